The van der Waals surface area contributed by atoms with Gasteiger partial charge in [0.1, 0.15) is 6.04 Å². The molecule has 42 heavy (non-hydrogen) atoms. The molecule has 3 aliphatic rings. The number of ether oxygens (including phenoxy) is 2. The Kier molecular flexibility index (Phi) is 8.97. The van der Waals surface area contributed by atoms with E-state index in [-0.39, 0.29) is 30.1 Å². The van der Waals surface area contributed by atoms with Crippen molar-refractivity contribution < 1.29 is 36.3 Å². The monoisotopic (exact) mass is 642 g/mol. The van der Waals surface area contributed by atoms with Crippen molar-refractivity contribution >= 4 is 50.7 Å². The van der Waals surface area contributed by atoms with Gasteiger partial charge in [0.25, 0.3) is 0 Å². The summed E-state index contributed by atoms with van der Waals surface area (Å²) in [6, 6.07) is 1.07. The van der Waals surface area contributed by atoms with Crippen LogP contribution in [0.5, 0.6) is 0 Å². The van der Waals surface area contributed by atoms with E-state index in [1.165, 1.54) is 35.9 Å². The molecular weight excluding hydrogens is 614 g/mol. The molecule has 2 fully saturated rings. The maximum atomic E-state index is 14.6. The number of sulfonamides is 1. The summed E-state index contributed by atoms with van der Waals surface area (Å²) in [6.45, 7) is 0.351. The summed E-state index contributed by atoms with van der Waals surface area (Å²) >= 11 is 7.52. The molecule has 1 saturated heterocycles. The number of aliphatic imine (C=N–C) groups is 1. The van der Waals surface area contributed by atoms with Crippen LogP contribution in [0.15, 0.2) is 40.0 Å². The summed E-state index contributed by atoms with van der Waals surface area (Å²) in [7, 11) is -1.18. The number of rotatable bonds is 7. The molecule has 0 spiro atoms. The largest absolute Gasteiger partial charge is 0.469 e. The molecule has 226 valence electrons. The highest BCUT2D eigenvalue weighted by molar-refractivity contribution is 7.89. The number of benzene rings is 1. The number of carbonyl (C=O) groups is 2. The number of esters is 2. The van der Waals surface area contributed by atoms with Gasteiger partial charge in [0.15, 0.2) is 22.5 Å². The van der Waals surface area contributed by atoms with Gasteiger partial charge < -0.3 is 14.8 Å². The third-order valence-electron chi connectivity index (χ3n) is 8.02. The number of amidine groups is 1. The van der Waals surface area contributed by atoms with Gasteiger partial charge in [0.2, 0.25) is 10.0 Å². The number of allylic oxidation sites excluding steroid dienone is 1. The van der Waals surface area contributed by atoms with E-state index in [0.717, 1.165) is 6.07 Å². The van der Waals surface area contributed by atoms with E-state index < -0.39 is 55.8 Å². The summed E-state index contributed by atoms with van der Waals surface area (Å²) in [4.78, 5) is 34.1. The van der Waals surface area contributed by atoms with E-state index in [1.807, 2.05) is 0 Å². The third kappa shape index (κ3) is 5.69. The topological polar surface area (TPSA) is 127 Å². The van der Waals surface area contributed by atoms with Gasteiger partial charge in [-0.25, -0.2) is 31.3 Å². The lowest BCUT2D eigenvalue weighted by atomic mass is 9.82. The molecule has 1 aliphatic carbocycles. The van der Waals surface area contributed by atoms with Crippen molar-refractivity contribution in [3.8, 4) is 0 Å². The zero-order chi connectivity index (χ0) is 30.2. The second-order valence-corrected chi connectivity index (χ2v) is 13.8. The van der Waals surface area contributed by atoms with Crippen LogP contribution >= 0.6 is 22.9 Å². The normalized spacial score (nSPS) is 25.1. The number of halogens is 3. The van der Waals surface area contributed by atoms with Crippen LogP contribution < -0.4 is 5.32 Å². The molecule has 2 aliphatic heterocycles. The minimum Gasteiger partial charge on any atom is -0.469 e. The molecule has 2 aromatic rings. The lowest BCUT2D eigenvalue weighted by Crippen LogP contribution is -2.42. The Hall–Kier alpha value is -2.94. The molecule has 1 aromatic heterocycles. The molecule has 5 rings (SSSR count). The van der Waals surface area contributed by atoms with Gasteiger partial charge in [0, 0.05) is 35.9 Å². The van der Waals surface area contributed by atoms with Crippen molar-refractivity contribution in [3.05, 3.63) is 62.2 Å². The summed E-state index contributed by atoms with van der Waals surface area (Å²) in [5, 5.41) is 4.32. The van der Waals surface area contributed by atoms with Gasteiger partial charge in [-0.1, -0.05) is 17.7 Å². The molecule has 2 atom stereocenters. The first-order valence-electron chi connectivity index (χ1n) is 13.3. The zero-order valence-corrected chi connectivity index (χ0v) is 25.2. The van der Waals surface area contributed by atoms with Crippen LogP contribution in [-0.4, -0.2) is 68.0 Å². The van der Waals surface area contributed by atoms with Crippen LogP contribution in [0.1, 0.15) is 48.7 Å². The van der Waals surface area contributed by atoms with Crippen molar-refractivity contribution in [2.75, 3.05) is 27.3 Å². The van der Waals surface area contributed by atoms with Crippen LogP contribution in [0.2, 0.25) is 5.02 Å². The SMILES string of the molecule is COC(=O)C1=C([C@H]2CC[C@H](S(=O)(=O)N3CC[C@@H](C(=O)OC)C3)CC2)NC(c2nccs2)=NC1c1ccc(F)c(F)c1Cl. The summed E-state index contributed by atoms with van der Waals surface area (Å²) in [6.07, 6.45) is 3.43. The zero-order valence-electron chi connectivity index (χ0n) is 22.8. The van der Waals surface area contributed by atoms with Crippen molar-refractivity contribution in [2.24, 2.45) is 16.8 Å². The number of hydrogen-bond acceptors (Lipinski definition) is 10. The Balaban J connectivity index is 1.46. The fraction of sp³-hybridized carbons (Fsp3) is 0.481. The number of nitrogens with zero attached hydrogens (tertiary/aromatic N) is 3. The Labute approximate surface area is 250 Å². The minimum absolute atomic E-state index is 0.0782. The average Bonchev–Trinajstić information content (AvgIpc) is 3.72. The maximum Gasteiger partial charge on any atom is 0.338 e. The molecule has 3 heterocycles. The molecule has 0 bridgehead atoms. The van der Waals surface area contributed by atoms with Gasteiger partial charge in [-0.15, -0.1) is 11.3 Å². The van der Waals surface area contributed by atoms with Crippen LogP contribution in [-0.2, 0) is 29.1 Å². The third-order valence-corrected chi connectivity index (χ3v) is 11.6. The number of hydrogen-bond donors (Lipinski definition) is 1. The molecule has 1 aromatic carbocycles. The van der Waals surface area contributed by atoms with E-state index in [1.54, 1.807) is 11.6 Å². The van der Waals surface area contributed by atoms with Crippen molar-refractivity contribution in [2.45, 2.75) is 43.4 Å². The standard InChI is InChI=1S/C27H29ClF2N4O6S2/c1-39-26(35)15-9-11-34(13-15)42(37,38)16-5-3-14(4-6-16)22-19(27(36)40-2)23(17-7-8-18(29)21(30)20(17)28)33-24(32-22)25-31-10-12-41-25/h7-8,10,12,14-16,23H,3-6,9,11,13H2,1-2H3,(H,32,33)/t14-,15-,16-,23?/m1/s1. The highest BCUT2D eigenvalue weighted by atomic mass is 35.5. The van der Waals surface area contributed by atoms with Crippen molar-refractivity contribution in [1.82, 2.24) is 14.6 Å². The van der Waals surface area contributed by atoms with Gasteiger partial charge >= 0.3 is 11.9 Å². The highest BCUT2D eigenvalue weighted by Crippen LogP contribution is 2.43. The first kappa shape index (κ1) is 30.5. The summed E-state index contributed by atoms with van der Waals surface area (Å²) in [5.74, 6) is -4.01. The number of carbonyl (C=O) groups excluding carboxylic acids is 2. The van der Waals surface area contributed by atoms with E-state index in [9.17, 15) is 26.8 Å². The molecule has 1 N–H and O–H groups in total. The fourth-order valence-electron chi connectivity index (χ4n) is 5.83. The summed E-state index contributed by atoms with van der Waals surface area (Å²) in [5.41, 5.74) is 0.614. The minimum atomic E-state index is -3.67. The first-order valence-corrected chi connectivity index (χ1v) is 16.1. The van der Waals surface area contributed by atoms with Crippen LogP contribution in [0.25, 0.3) is 0 Å². The quantitative estimate of drug-likeness (QED) is 0.355. The van der Waals surface area contributed by atoms with E-state index in [4.69, 9.17) is 21.1 Å². The van der Waals surface area contributed by atoms with E-state index in [2.05, 4.69) is 15.3 Å². The molecule has 0 radical (unpaired) electrons. The van der Waals surface area contributed by atoms with E-state index in [0.29, 0.717) is 48.6 Å². The van der Waals surface area contributed by atoms with Gasteiger partial charge in [-0.2, -0.15) is 0 Å². The average molecular weight is 643 g/mol. The lowest BCUT2D eigenvalue weighted by Gasteiger charge is -2.35. The predicted octanol–water partition coefficient (Wildman–Crippen LogP) is 3.98. The maximum absolute atomic E-state index is 14.6. The number of nitrogens with one attached hydrogen (secondary N) is 1. The molecule has 1 unspecified atom stereocenters. The van der Waals surface area contributed by atoms with Gasteiger partial charge in [-0.3, -0.25) is 9.79 Å². The fourth-order valence-corrected chi connectivity index (χ4v) is 8.71. The lowest BCUT2D eigenvalue weighted by molar-refractivity contribution is -0.144. The predicted molar refractivity (Wildman–Crippen MR) is 151 cm³/mol. The number of methoxy groups -OCH3 is 2. The van der Waals surface area contributed by atoms with Gasteiger partial charge in [0.05, 0.1) is 36.0 Å². The highest BCUT2D eigenvalue weighted by Gasteiger charge is 2.43. The van der Waals surface area contributed by atoms with Crippen LogP contribution in [0, 0.1) is 23.5 Å². The van der Waals surface area contributed by atoms with Crippen LogP contribution in [0.3, 0.4) is 0 Å². The summed E-state index contributed by atoms with van der Waals surface area (Å²) < 4.78 is 66.6. The van der Waals surface area contributed by atoms with Gasteiger partial charge in [-0.05, 0) is 44.1 Å². The Morgan fingerprint density at radius 3 is 2.50 bits per heavy atom. The van der Waals surface area contributed by atoms with Crippen molar-refractivity contribution in [1.29, 1.82) is 0 Å². The van der Waals surface area contributed by atoms with Crippen LogP contribution in [0.4, 0.5) is 8.78 Å². The first-order chi connectivity index (χ1) is 20.1. The molecule has 10 nitrogen and oxygen atoms in total. The Bertz CT molecular complexity index is 1540. The molecular formula is C27H29ClF2N4O6S2. The Morgan fingerprint density at radius 1 is 1.12 bits per heavy atom. The second kappa shape index (κ2) is 12.3. The Morgan fingerprint density at radius 2 is 1.86 bits per heavy atom. The number of aromatic nitrogens is 1. The van der Waals surface area contributed by atoms with Crippen molar-refractivity contribution in [3.63, 3.8) is 0 Å². The van der Waals surface area contributed by atoms with E-state index >= 15 is 0 Å². The molecule has 15 heteroatoms. The molecule has 0 amide bonds. The number of thiazole rings is 1. The second-order valence-electron chi connectivity index (χ2n) is 10.3. The molecule has 1 saturated carbocycles. The smallest absolute Gasteiger partial charge is 0.338 e.